The van der Waals surface area contributed by atoms with Gasteiger partial charge in [0.05, 0.1) is 25.4 Å². The predicted octanol–water partition coefficient (Wildman–Crippen LogP) is 3.71. The van der Waals surface area contributed by atoms with Crippen molar-refractivity contribution in [1.29, 1.82) is 0 Å². The van der Waals surface area contributed by atoms with Crippen LogP contribution in [-0.4, -0.2) is 41.9 Å². The van der Waals surface area contributed by atoms with Crippen molar-refractivity contribution in [1.82, 2.24) is 5.32 Å². The Labute approximate surface area is 180 Å². The fraction of sp³-hybridized carbons (Fsp3) is 0.286. The molecule has 0 radical (unpaired) electrons. The molecule has 0 aromatic heterocycles. The highest BCUT2D eigenvalue weighted by molar-refractivity contribution is 7.80. The summed E-state index contributed by atoms with van der Waals surface area (Å²) in [5, 5.41) is 14.4. The second-order valence-corrected chi connectivity index (χ2v) is 6.30. The van der Waals surface area contributed by atoms with Gasteiger partial charge >= 0.3 is 5.97 Å². The molecule has 30 heavy (non-hydrogen) atoms. The first-order chi connectivity index (χ1) is 14.4. The van der Waals surface area contributed by atoms with Crippen LogP contribution in [0, 0.1) is 0 Å². The van der Waals surface area contributed by atoms with Crippen molar-refractivity contribution in [3.8, 4) is 17.2 Å². The van der Waals surface area contributed by atoms with Gasteiger partial charge in [-0.2, -0.15) is 0 Å². The SMILES string of the molecule is CCOc1cc(C(=O)NC(=S)Nc2ccc(C(=O)O)cc2)cc(OCC)c1OCC. The fourth-order valence-corrected chi connectivity index (χ4v) is 2.76. The molecule has 0 saturated carbocycles. The van der Waals surface area contributed by atoms with Crippen LogP contribution >= 0.6 is 12.2 Å². The Morgan fingerprint density at radius 3 is 1.90 bits per heavy atom. The van der Waals surface area contributed by atoms with E-state index in [-0.39, 0.29) is 16.2 Å². The standard InChI is InChI=1S/C21H24N2O6S/c1-4-27-16-11-14(12-17(28-5-2)18(16)29-6-3)19(24)23-21(30)22-15-9-7-13(8-10-15)20(25)26/h7-12H,4-6H2,1-3H3,(H,25,26)(H2,22,23,24,30). The van der Waals surface area contributed by atoms with Crippen molar-refractivity contribution in [2.75, 3.05) is 25.1 Å². The van der Waals surface area contributed by atoms with Crippen LogP contribution in [0.2, 0.25) is 0 Å². The Hall–Kier alpha value is -3.33. The van der Waals surface area contributed by atoms with Gasteiger partial charge in [0, 0.05) is 11.3 Å². The molecule has 8 nitrogen and oxygen atoms in total. The third kappa shape index (κ3) is 6.08. The van der Waals surface area contributed by atoms with Gasteiger partial charge in [0.25, 0.3) is 5.91 Å². The van der Waals surface area contributed by atoms with Crippen molar-refractivity contribution < 1.29 is 28.9 Å². The summed E-state index contributed by atoms with van der Waals surface area (Å²) >= 11 is 5.19. The zero-order valence-corrected chi connectivity index (χ0v) is 17.8. The number of anilines is 1. The Balaban J connectivity index is 2.18. The summed E-state index contributed by atoms with van der Waals surface area (Å²) in [6.45, 7) is 6.71. The highest BCUT2D eigenvalue weighted by Crippen LogP contribution is 2.39. The third-order valence-electron chi connectivity index (χ3n) is 3.79. The Bertz CT molecular complexity index is 887. The smallest absolute Gasteiger partial charge is 0.335 e. The van der Waals surface area contributed by atoms with Crippen LogP contribution < -0.4 is 24.8 Å². The lowest BCUT2D eigenvalue weighted by atomic mass is 10.1. The van der Waals surface area contributed by atoms with Crippen molar-refractivity contribution in [3.05, 3.63) is 47.5 Å². The first-order valence-corrected chi connectivity index (χ1v) is 9.82. The molecule has 2 aromatic carbocycles. The molecule has 0 atom stereocenters. The summed E-state index contributed by atoms with van der Waals surface area (Å²) in [4.78, 5) is 23.6. The summed E-state index contributed by atoms with van der Waals surface area (Å²) < 4.78 is 16.9. The molecular weight excluding hydrogens is 408 g/mol. The average molecular weight is 432 g/mol. The minimum atomic E-state index is -1.02. The maximum absolute atomic E-state index is 12.7. The molecule has 0 heterocycles. The van der Waals surface area contributed by atoms with E-state index in [9.17, 15) is 9.59 Å². The summed E-state index contributed by atoms with van der Waals surface area (Å²) in [6.07, 6.45) is 0. The molecule has 0 aliphatic rings. The van der Waals surface area contributed by atoms with Gasteiger partial charge in [-0.15, -0.1) is 0 Å². The van der Waals surface area contributed by atoms with Crippen molar-refractivity contribution in [2.45, 2.75) is 20.8 Å². The average Bonchev–Trinajstić information content (AvgIpc) is 2.70. The van der Waals surface area contributed by atoms with Gasteiger partial charge in [-0.05, 0) is 69.4 Å². The number of carboxylic acid groups (broad SMARTS) is 1. The number of ether oxygens (including phenoxy) is 3. The molecule has 0 unspecified atom stereocenters. The number of carboxylic acids is 1. The largest absolute Gasteiger partial charge is 0.490 e. The molecule has 0 saturated heterocycles. The molecule has 0 spiro atoms. The van der Waals surface area contributed by atoms with Gasteiger partial charge in [-0.1, -0.05) is 0 Å². The van der Waals surface area contributed by atoms with E-state index in [1.807, 2.05) is 20.8 Å². The van der Waals surface area contributed by atoms with Gasteiger partial charge in [-0.3, -0.25) is 10.1 Å². The van der Waals surface area contributed by atoms with Crippen LogP contribution in [0.4, 0.5) is 5.69 Å². The molecule has 0 bridgehead atoms. The number of amides is 1. The van der Waals surface area contributed by atoms with Crippen molar-refractivity contribution in [3.63, 3.8) is 0 Å². The lowest BCUT2D eigenvalue weighted by Gasteiger charge is -2.17. The van der Waals surface area contributed by atoms with Crippen molar-refractivity contribution >= 4 is 34.9 Å². The molecule has 1 amide bonds. The van der Waals surface area contributed by atoms with Gasteiger partial charge < -0.3 is 24.6 Å². The number of carbonyl (C=O) groups excluding carboxylic acids is 1. The maximum Gasteiger partial charge on any atom is 0.335 e. The fourth-order valence-electron chi connectivity index (χ4n) is 2.55. The van der Waals surface area contributed by atoms with Gasteiger partial charge in [-0.25, -0.2) is 4.79 Å². The molecular formula is C21H24N2O6S. The van der Waals surface area contributed by atoms with E-state index in [2.05, 4.69) is 10.6 Å². The number of rotatable bonds is 9. The van der Waals surface area contributed by atoms with E-state index in [0.29, 0.717) is 42.8 Å². The number of carbonyl (C=O) groups is 2. The molecule has 9 heteroatoms. The molecule has 3 N–H and O–H groups in total. The third-order valence-corrected chi connectivity index (χ3v) is 3.99. The van der Waals surface area contributed by atoms with E-state index in [4.69, 9.17) is 31.5 Å². The minimum Gasteiger partial charge on any atom is -0.490 e. The van der Waals surface area contributed by atoms with Gasteiger partial charge in [0.2, 0.25) is 5.75 Å². The summed E-state index contributed by atoms with van der Waals surface area (Å²) in [7, 11) is 0. The second kappa shape index (κ2) is 11.0. The number of nitrogens with one attached hydrogen (secondary N) is 2. The van der Waals surface area contributed by atoms with E-state index in [1.54, 1.807) is 24.3 Å². The summed E-state index contributed by atoms with van der Waals surface area (Å²) in [6, 6.07) is 9.11. The Morgan fingerprint density at radius 1 is 0.900 bits per heavy atom. The molecule has 0 aliphatic carbocycles. The number of thiocarbonyl (C=S) groups is 1. The van der Waals surface area contributed by atoms with Crippen LogP contribution in [0.15, 0.2) is 36.4 Å². The number of hydrogen-bond donors (Lipinski definition) is 3. The Kier molecular flexibility index (Phi) is 8.42. The van der Waals surface area contributed by atoms with Crippen molar-refractivity contribution in [2.24, 2.45) is 0 Å². The zero-order chi connectivity index (χ0) is 22.1. The molecule has 2 aromatic rings. The molecule has 2 rings (SSSR count). The van der Waals surface area contributed by atoms with Crippen LogP contribution in [0.5, 0.6) is 17.2 Å². The quantitative estimate of drug-likeness (QED) is 0.515. The van der Waals surface area contributed by atoms with Gasteiger partial charge in [0.15, 0.2) is 16.6 Å². The topological polar surface area (TPSA) is 106 Å². The molecule has 160 valence electrons. The lowest BCUT2D eigenvalue weighted by molar-refractivity contribution is 0.0696. The van der Waals surface area contributed by atoms with Crippen LogP contribution in [0.25, 0.3) is 0 Å². The number of aromatic carboxylic acids is 1. The molecule has 0 aliphatic heterocycles. The van der Waals surface area contributed by atoms with E-state index in [1.165, 1.54) is 12.1 Å². The summed E-state index contributed by atoms with van der Waals surface area (Å²) in [5.41, 5.74) is 0.981. The predicted molar refractivity (Wildman–Crippen MR) is 117 cm³/mol. The van der Waals surface area contributed by atoms with Gasteiger partial charge in [0.1, 0.15) is 0 Å². The molecule has 0 fully saturated rings. The highest BCUT2D eigenvalue weighted by Gasteiger charge is 2.19. The first kappa shape index (κ1) is 23.0. The van der Waals surface area contributed by atoms with E-state index in [0.717, 1.165) is 0 Å². The van der Waals surface area contributed by atoms with E-state index >= 15 is 0 Å². The monoisotopic (exact) mass is 432 g/mol. The number of benzene rings is 2. The second-order valence-electron chi connectivity index (χ2n) is 5.89. The van der Waals surface area contributed by atoms with Crippen LogP contribution in [-0.2, 0) is 0 Å². The minimum absolute atomic E-state index is 0.0629. The van der Waals surface area contributed by atoms with Crippen LogP contribution in [0.1, 0.15) is 41.5 Å². The van der Waals surface area contributed by atoms with E-state index < -0.39 is 11.9 Å². The first-order valence-electron chi connectivity index (χ1n) is 9.41. The lowest BCUT2D eigenvalue weighted by Crippen LogP contribution is -2.34. The Morgan fingerprint density at radius 2 is 1.43 bits per heavy atom. The normalized spacial score (nSPS) is 10.1. The highest BCUT2D eigenvalue weighted by atomic mass is 32.1. The maximum atomic E-state index is 12.7. The van der Waals surface area contributed by atoms with Crippen LogP contribution in [0.3, 0.4) is 0 Å². The number of hydrogen-bond acceptors (Lipinski definition) is 6. The zero-order valence-electron chi connectivity index (χ0n) is 17.0. The summed E-state index contributed by atoms with van der Waals surface area (Å²) in [5.74, 6) is -0.239.